The maximum Gasteiger partial charge on any atom is 0.255 e. The molecule has 0 saturated carbocycles. The van der Waals surface area contributed by atoms with Gasteiger partial charge >= 0.3 is 0 Å². The van der Waals surface area contributed by atoms with Crippen LogP contribution >= 0.6 is 0 Å². The second-order valence-corrected chi connectivity index (χ2v) is 6.44. The van der Waals surface area contributed by atoms with Gasteiger partial charge in [-0.1, -0.05) is 30.3 Å². The van der Waals surface area contributed by atoms with E-state index in [4.69, 9.17) is 0 Å². The number of hydrogen-bond donors (Lipinski definition) is 1. The Morgan fingerprint density at radius 2 is 1.96 bits per heavy atom. The van der Waals surface area contributed by atoms with Crippen molar-refractivity contribution in [1.29, 1.82) is 0 Å². The van der Waals surface area contributed by atoms with Crippen molar-refractivity contribution in [1.82, 2.24) is 9.47 Å². The minimum Gasteiger partial charge on any atom is -0.391 e. The predicted molar refractivity (Wildman–Crippen MR) is 90.7 cm³/mol. The number of aliphatic hydroxyl groups is 1. The summed E-state index contributed by atoms with van der Waals surface area (Å²) in [4.78, 5) is 14.5. The van der Waals surface area contributed by atoms with Gasteiger partial charge in [-0.15, -0.1) is 0 Å². The fourth-order valence-corrected chi connectivity index (χ4v) is 3.57. The van der Waals surface area contributed by atoms with Crippen molar-refractivity contribution in [2.45, 2.75) is 39.3 Å². The Morgan fingerprint density at radius 3 is 2.57 bits per heavy atom. The van der Waals surface area contributed by atoms with E-state index in [9.17, 15) is 9.90 Å². The van der Waals surface area contributed by atoms with Gasteiger partial charge in [0.15, 0.2) is 0 Å². The monoisotopic (exact) mass is 312 g/mol. The van der Waals surface area contributed by atoms with E-state index in [0.29, 0.717) is 19.5 Å². The van der Waals surface area contributed by atoms with Gasteiger partial charge in [0, 0.05) is 24.5 Å². The fourth-order valence-electron chi connectivity index (χ4n) is 3.57. The summed E-state index contributed by atoms with van der Waals surface area (Å²) in [7, 11) is 0. The first-order valence-electron chi connectivity index (χ1n) is 8.19. The van der Waals surface area contributed by atoms with Gasteiger partial charge in [0.05, 0.1) is 17.7 Å². The zero-order chi connectivity index (χ0) is 16.6. The number of rotatable bonds is 3. The molecule has 1 aromatic carbocycles. The van der Waals surface area contributed by atoms with Crippen molar-refractivity contribution >= 4 is 5.91 Å². The van der Waals surface area contributed by atoms with Crippen LogP contribution in [0.3, 0.4) is 0 Å². The molecule has 4 heteroatoms. The number of aromatic nitrogens is 1. The number of hydrogen-bond acceptors (Lipinski definition) is 2. The zero-order valence-corrected chi connectivity index (χ0v) is 14.0. The molecule has 0 spiro atoms. The third kappa shape index (κ3) is 2.91. The highest BCUT2D eigenvalue weighted by molar-refractivity contribution is 5.96. The number of carbonyl (C=O) groups excluding carboxylic acids is 1. The Morgan fingerprint density at radius 1 is 1.26 bits per heavy atom. The summed E-state index contributed by atoms with van der Waals surface area (Å²) in [5, 5.41) is 9.66. The molecule has 2 heterocycles. The lowest BCUT2D eigenvalue weighted by Crippen LogP contribution is -2.30. The number of aryl methyl sites for hydroxylation is 1. The Kier molecular flexibility index (Phi) is 4.26. The highest BCUT2D eigenvalue weighted by Gasteiger charge is 2.28. The number of likely N-dealkylation sites (tertiary alicyclic amines) is 1. The lowest BCUT2D eigenvalue weighted by Gasteiger charge is -2.20. The van der Waals surface area contributed by atoms with Crippen molar-refractivity contribution in [2.75, 3.05) is 13.1 Å². The van der Waals surface area contributed by atoms with Crippen LogP contribution in [0.2, 0.25) is 0 Å². The number of aliphatic hydroxyl groups excluding tert-OH is 1. The highest BCUT2D eigenvalue weighted by atomic mass is 16.3. The molecule has 0 aliphatic carbocycles. The third-order valence-corrected chi connectivity index (χ3v) is 4.83. The maximum atomic E-state index is 12.7. The fraction of sp³-hybridized carbons (Fsp3) is 0.421. The van der Waals surface area contributed by atoms with Crippen LogP contribution in [-0.2, 0) is 0 Å². The van der Waals surface area contributed by atoms with Crippen molar-refractivity contribution in [2.24, 2.45) is 0 Å². The summed E-state index contributed by atoms with van der Waals surface area (Å²) >= 11 is 0. The highest BCUT2D eigenvalue weighted by Crippen LogP contribution is 2.27. The summed E-state index contributed by atoms with van der Waals surface area (Å²) in [5.74, 6) is 0.0289. The van der Waals surface area contributed by atoms with Gasteiger partial charge in [-0.2, -0.15) is 0 Å². The molecule has 1 fully saturated rings. The Bertz CT molecular complexity index is 706. The van der Waals surface area contributed by atoms with E-state index < -0.39 is 0 Å². The molecule has 2 atom stereocenters. The summed E-state index contributed by atoms with van der Waals surface area (Å²) in [5.41, 5.74) is 4.05. The van der Waals surface area contributed by atoms with Crippen molar-refractivity contribution in [3.63, 3.8) is 0 Å². The van der Waals surface area contributed by atoms with Gasteiger partial charge in [-0.3, -0.25) is 4.79 Å². The standard InChI is InChI=1S/C19H24N2O2/c1-13-11-18(19(23)20-10-9-17(22)12-20)15(3)21(13)14(2)16-7-5-4-6-8-16/h4-8,11,14,17,22H,9-10,12H2,1-3H3/t14?,17-/m0/s1. The topological polar surface area (TPSA) is 45.5 Å². The van der Waals surface area contributed by atoms with Crippen LogP contribution in [-0.4, -0.2) is 39.7 Å². The molecule has 1 N–H and O–H groups in total. The predicted octanol–water partition coefficient (Wildman–Crippen LogP) is 2.92. The van der Waals surface area contributed by atoms with Crippen molar-refractivity contribution < 1.29 is 9.90 Å². The Balaban J connectivity index is 1.92. The van der Waals surface area contributed by atoms with Gasteiger partial charge in [0.2, 0.25) is 0 Å². The second kappa shape index (κ2) is 6.20. The Hall–Kier alpha value is -2.07. The molecule has 1 aromatic heterocycles. The van der Waals surface area contributed by atoms with E-state index in [-0.39, 0.29) is 18.1 Å². The number of amides is 1. The molecule has 2 aromatic rings. The molecular weight excluding hydrogens is 288 g/mol. The number of benzene rings is 1. The molecule has 1 amide bonds. The second-order valence-electron chi connectivity index (χ2n) is 6.44. The van der Waals surface area contributed by atoms with Gasteiger partial charge < -0.3 is 14.6 Å². The van der Waals surface area contributed by atoms with Crippen molar-refractivity contribution in [3.05, 3.63) is 58.9 Å². The van der Waals surface area contributed by atoms with E-state index in [1.807, 2.05) is 38.1 Å². The van der Waals surface area contributed by atoms with Crippen molar-refractivity contribution in [3.8, 4) is 0 Å². The van der Waals surface area contributed by atoms with Gasteiger partial charge in [0.1, 0.15) is 0 Å². The van der Waals surface area contributed by atoms with Crippen LogP contribution < -0.4 is 0 Å². The maximum absolute atomic E-state index is 12.7. The molecule has 3 rings (SSSR count). The van der Waals surface area contributed by atoms with E-state index in [1.165, 1.54) is 5.56 Å². The molecule has 1 aliphatic rings. The van der Waals surface area contributed by atoms with Crippen LogP contribution in [0, 0.1) is 13.8 Å². The lowest BCUT2D eigenvalue weighted by molar-refractivity contribution is 0.0764. The van der Waals surface area contributed by atoms with Crippen LogP contribution in [0.1, 0.15) is 46.7 Å². The minimum absolute atomic E-state index is 0.0289. The number of carbonyl (C=O) groups is 1. The zero-order valence-electron chi connectivity index (χ0n) is 14.0. The van der Waals surface area contributed by atoms with Gasteiger partial charge in [-0.05, 0) is 38.8 Å². The summed E-state index contributed by atoms with van der Waals surface area (Å²) in [6, 6.07) is 12.5. The molecule has 23 heavy (non-hydrogen) atoms. The van der Waals surface area contributed by atoms with E-state index >= 15 is 0 Å². The van der Waals surface area contributed by atoms with Crippen LogP contribution in [0.25, 0.3) is 0 Å². The minimum atomic E-state index is -0.384. The van der Waals surface area contributed by atoms with Gasteiger partial charge in [0.25, 0.3) is 5.91 Å². The molecule has 1 unspecified atom stereocenters. The average molecular weight is 312 g/mol. The van der Waals surface area contributed by atoms with Gasteiger partial charge in [-0.25, -0.2) is 0 Å². The Labute approximate surface area is 137 Å². The largest absolute Gasteiger partial charge is 0.391 e. The first-order chi connectivity index (χ1) is 11.0. The molecule has 0 radical (unpaired) electrons. The molecular formula is C19H24N2O2. The van der Waals surface area contributed by atoms with Crippen LogP contribution in [0.5, 0.6) is 0 Å². The smallest absolute Gasteiger partial charge is 0.255 e. The number of β-amino-alcohol motifs (C(OH)–C–C–N with tert-alkyl or cyclic N) is 1. The molecule has 0 bridgehead atoms. The van der Waals surface area contributed by atoms with Crippen LogP contribution in [0.15, 0.2) is 36.4 Å². The molecule has 1 aliphatic heterocycles. The summed E-state index contributed by atoms with van der Waals surface area (Å²) < 4.78 is 2.22. The summed E-state index contributed by atoms with van der Waals surface area (Å²) in [6.45, 7) is 7.28. The third-order valence-electron chi connectivity index (χ3n) is 4.83. The molecule has 122 valence electrons. The molecule has 4 nitrogen and oxygen atoms in total. The molecule has 1 saturated heterocycles. The lowest BCUT2D eigenvalue weighted by atomic mass is 10.1. The van der Waals surface area contributed by atoms with E-state index in [0.717, 1.165) is 17.0 Å². The van der Waals surface area contributed by atoms with E-state index in [2.05, 4.69) is 23.6 Å². The average Bonchev–Trinajstić information content (AvgIpc) is 3.10. The van der Waals surface area contributed by atoms with Crippen LogP contribution in [0.4, 0.5) is 0 Å². The first kappa shape index (κ1) is 15.8. The quantitative estimate of drug-likeness (QED) is 0.947. The first-order valence-corrected chi connectivity index (χ1v) is 8.19. The van der Waals surface area contributed by atoms with E-state index in [1.54, 1.807) is 4.90 Å². The number of nitrogens with zero attached hydrogens (tertiary/aromatic N) is 2. The SMILES string of the molecule is Cc1cc(C(=O)N2CC[C@H](O)C2)c(C)n1C(C)c1ccccc1. The normalized spacial score (nSPS) is 19.1. The summed E-state index contributed by atoms with van der Waals surface area (Å²) in [6.07, 6.45) is 0.288.